The molecule has 0 spiro atoms. The minimum atomic E-state index is -0.191. The molecular weight excluding hydrogens is 262 g/mol. The SMILES string of the molecule is CNCc1ccc([C@@H]2CN(C)C[C@H]2C(N)=O)cc1.Cl. The largest absolute Gasteiger partial charge is 0.369 e. The van der Waals surface area contributed by atoms with Gasteiger partial charge >= 0.3 is 0 Å². The number of nitrogens with one attached hydrogen (secondary N) is 1. The molecule has 1 amide bonds. The average Bonchev–Trinajstić information content (AvgIpc) is 2.73. The number of hydrogen-bond acceptors (Lipinski definition) is 3. The van der Waals surface area contributed by atoms with Crippen molar-refractivity contribution in [2.24, 2.45) is 11.7 Å². The zero-order valence-corrected chi connectivity index (χ0v) is 12.2. The molecule has 106 valence electrons. The maximum Gasteiger partial charge on any atom is 0.222 e. The standard InChI is InChI=1S/C14H21N3O.ClH/c1-16-7-10-3-5-11(6-4-10)12-8-17(2)9-13(12)14(15)18;/h3-6,12-13,16H,7-9H2,1-2H3,(H2,15,18);1H/t12-,13+;/m0./s1. The number of amides is 1. The quantitative estimate of drug-likeness (QED) is 0.865. The second-order valence-corrected chi connectivity index (χ2v) is 5.11. The van der Waals surface area contributed by atoms with Crippen molar-refractivity contribution in [3.05, 3.63) is 35.4 Å². The van der Waals surface area contributed by atoms with Crippen LogP contribution in [0.25, 0.3) is 0 Å². The molecule has 1 aromatic carbocycles. The van der Waals surface area contributed by atoms with Crippen molar-refractivity contribution in [1.29, 1.82) is 0 Å². The van der Waals surface area contributed by atoms with Gasteiger partial charge in [-0.15, -0.1) is 12.4 Å². The van der Waals surface area contributed by atoms with E-state index in [0.717, 1.165) is 19.6 Å². The second kappa shape index (κ2) is 6.89. The highest BCUT2D eigenvalue weighted by atomic mass is 35.5. The minimum absolute atomic E-state index is 0. The van der Waals surface area contributed by atoms with Gasteiger partial charge in [-0.05, 0) is 25.2 Å². The third-order valence-corrected chi connectivity index (χ3v) is 3.66. The van der Waals surface area contributed by atoms with Gasteiger partial charge in [0.2, 0.25) is 5.91 Å². The average molecular weight is 284 g/mol. The molecule has 4 nitrogen and oxygen atoms in total. The molecule has 0 bridgehead atoms. The normalized spacial score (nSPS) is 23.1. The lowest BCUT2D eigenvalue weighted by Crippen LogP contribution is -2.28. The fourth-order valence-electron chi connectivity index (χ4n) is 2.71. The predicted molar refractivity (Wildman–Crippen MR) is 79.4 cm³/mol. The van der Waals surface area contributed by atoms with Crippen molar-refractivity contribution in [3.63, 3.8) is 0 Å². The number of carbonyl (C=O) groups is 1. The van der Waals surface area contributed by atoms with Gasteiger partial charge in [-0.25, -0.2) is 0 Å². The van der Waals surface area contributed by atoms with Crippen LogP contribution < -0.4 is 11.1 Å². The summed E-state index contributed by atoms with van der Waals surface area (Å²) >= 11 is 0. The Morgan fingerprint density at radius 1 is 1.37 bits per heavy atom. The number of nitrogens with zero attached hydrogens (tertiary/aromatic N) is 1. The summed E-state index contributed by atoms with van der Waals surface area (Å²) in [6.45, 7) is 2.53. The van der Waals surface area contributed by atoms with Crippen LogP contribution in [-0.4, -0.2) is 38.0 Å². The van der Waals surface area contributed by atoms with Gasteiger partial charge in [-0.2, -0.15) is 0 Å². The van der Waals surface area contributed by atoms with Crippen molar-refractivity contribution in [2.75, 3.05) is 27.2 Å². The van der Waals surface area contributed by atoms with Crippen LogP contribution >= 0.6 is 12.4 Å². The summed E-state index contributed by atoms with van der Waals surface area (Å²) in [6, 6.07) is 8.46. The number of nitrogens with two attached hydrogens (primary N) is 1. The number of likely N-dealkylation sites (N-methyl/N-ethyl adjacent to an activating group) is 1. The smallest absolute Gasteiger partial charge is 0.222 e. The first-order valence-electron chi connectivity index (χ1n) is 6.33. The Hall–Kier alpha value is -1.10. The van der Waals surface area contributed by atoms with E-state index < -0.39 is 0 Å². The van der Waals surface area contributed by atoms with Crippen LogP contribution in [-0.2, 0) is 11.3 Å². The number of rotatable bonds is 4. The Labute approximate surface area is 120 Å². The first kappa shape index (κ1) is 16.0. The fraction of sp³-hybridized carbons (Fsp3) is 0.500. The van der Waals surface area contributed by atoms with E-state index in [0.29, 0.717) is 0 Å². The summed E-state index contributed by atoms with van der Waals surface area (Å²) in [4.78, 5) is 13.7. The van der Waals surface area contributed by atoms with E-state index in [1.54, 1.807) is 0 Å². The van der Waals surface area contributed by atoms with Crippen molar-refractivity contribution >= 4 is 18.3 Å². The first-order chi connectivity index (χ1) is 8.61. The number of primary amides is 1. The molecule has 3 N–H and O–H groups in total. The third kappa shape index (κ3) is 3.69. The Kier molecular flexibility index (Phi) is 5.79. The summed E-state index contributed by atoms with van der Waals surface area (Å²) in [7, 11) is 3.97. The molecule has 2 rings (SSSR count). The van der Waals surface area contributed by atoms with Crippen LogP contribution in [0.3, 0.4) is 0 Å². The van der Waals surface area contributed by atoms with Crippen molar-refractivity contribution in [1.82, 2.24) is 10.2 Å². The van der Waals surface area contributed by atoms with E-state index in [1.165, 1.54) is 11.1 Å². The molecule has 1 saturated heterocycles. The van der Waals surface area contributed by atoms with Gasteiger partial charge in [0, 0.05) is 25.6 Å². The third-order valence-electron chi connectivity index (χ3n) is 3.66. The predicted octanol–water partition coefficient (Wildman–Crippen LogP) is 0.958. The van der Waals surface area contributed by atoms with E-state index in [2.05, 4.69) is 34.5 Å². The number of carbonyl (C=O) groups excluding carboxylic acids is 1. The number of halogens is 1. The highest BCUT2D eigenvalue weighted by molar-refractivity contribution is 5.85. The van der Waals surface area contributed by atoms with Gasteiger partial charge in [0.05, 0.1) is 5.92 Å². The Morgan fingerprint density at radius 3 is 2.53 bits per heavy atom. The van der Waals surface area contributed by atoms with Gasteiger partial charge in [0.15, 0.2) is 0 Å². The van der Waals surface area contributed by atoms with Crippen molar-refractivity contribution < 1.29 is 4.79 Å². The summed E-state index contributed by atoms with van der Waals surface area (Å²) in [5.74, 6) is -0.0232. The van der Waals surface area contributed by atoms with Crippen LogP contribution in [0.15, 0.2) is 24.3 Å². The zero-order chi connectivity index (χ0) is 13.1. The number of benzene rings is 1. The van der Waals surface area contributed by atoms with E-state index in [4.69, 9.17) is 5.73 Å². The van der Waals surface area contributed by atoms with Crippen LogP contribution in [0, 0.1) is 5.92 Å². The summed E-state index contributed by atoms with van der Waals surface area (Å²) in [5.41, 5.74) is 7.95. The van der Waals surface area contributed by atoms with E-state index in [9.17, 15) is 4.79 Å². The Bertz CT molecular complexity index is 421. The molecule has 1 heterocycles. The highest BCUT2D eigenvalue weighted by Crippen LogP contribution is 2.31. The van der Waals surface area contributed by atoms with Crippen LogP contribution in [0.4, 0.5) is 0 Å². The van der Waals surface area contributed by atoms with Gasteiger partial charge in [-0.1, -0.05) is 24.3 Å². The van der Waals surface area contributed by atoms with Gasteiger partial charge in [0.1, 0.15) is 0 Å². The Balaban J connectivity index is 0.00000180. The van der Waals surface area contributed by atoms with Crippen molar-refractivity contribution in [2.45, 2.75) is 12.5 Å². The minimum Gasteiger partial charge on any atom is -0.369 e. The van der Waals surface area contributed by atoms with Crippen LogP contribution in [0.2, 0.25) is 0 Å². The molecule has 5 heteroatoms. The molecule has 0 aromatic heterocycles. The molecule has 2 atom stereocenters. The van der Waals surface area contributed by atoms with Gasteiger partial charge in [-0.3, -0.25) is 4.79 Å². The zero-order valence-electron chi connectivity index (χ0n) is 11.4. The van der Waals surface area contributed by atoms with E-state index >= 15 is 0 Å². The summed E-state index contributed by atoms with van der Waals surface area (Å²) in [6.07, 6.45) is 0. The van der Waals surface area contributed by atoms with E-state index in [-0.39, 0.29) is 30.2 Å². The molecule has 19 heavy (non-hydrogen) atoms. The lowest BCUT2D eigenvalue weighted by Gasteiger charge is -2.16. The molecule has 0 saturated carbocycles. The molecule has 0 aliphatic carbocycles. The maximum absolute atomic E-state index is 11.5. The lowest BCUT2D eigenvalue weighted by molar-refractivity contribution is -0.121. The summed E-state index contributed by atoms with van der Waals surface area (Å²) in [5, 5.41) is 3.12. The number of hydrogen-bond donors (Lipinski definition) is 2. The summed E-state index contributed by atoms with van der Waals surface area (Å²) < 4.78 is 0. The highest BCUT2D eigenvalue weighted by Gasteiger charge is 2.35. The fourth-order valence-corrected chi connectivity index (χ4v) is 2.71. The van der Waals surface area contributed by atoms with Crippen LogP contribution in [0.5, 0.6) is 0 Å². The van der Waals surface area contributed by atoms with E-state index in [1.807, 2.05) is 14.1 Å². The van der Waals surface area contributed by atoms with Gasteiger partial charge < -0.3 is 16.0 Å². The molecule has 1 aliphatic rings. The molecular formula is C14H22ClN3O. The maximum atomic E-state index is 11.5. The molecule has 1 aliphatic heterocycles. The van der Waals surface area contributed by atoms with Gasteiger partial charge in [0.25, 0.3) is 0 Å². The monoisotopic (exact) mass is 283 g/mol. The topological polar surface area (TPSA) is 58.4 Å². The second-order valence-electron chi connectivity index (χ2n) is 5.11. The van der Waals surface area contributed by atoms with Crippen LogP contribution in [0.1, 0.15) is 17.0 Å². The lowest BCUT2D eigenvalue weighted by atomic mass is 9.88. The molecule has 1 fully saturated rings. The molecule has 0 unspecified atom stereocenters. The van der Waals surface area contributed by atoms with Crippen molar-refractivity contribution in [3.8, 4) is 0 Å². The Morgan fingerprint density at radius 2 is 2.00 bits per heavy atom. The first-order valence-corrected chi connectivity index (χ1v) is 6.33. The molecule has 0 radical (unpaired) electrons. The molecule has 1 aromatic rings. The number of likely N-dealkylation sites (tertiary alicyclic amines) is 1.